The van der Waals surface area contributed by atoms with E-state index in [-0.39, 0.29) is 12.2 Å². The van der Waals surface area contributed by atoms with E-state index in [9.17, 15) is 8.42 Å². The fourth-order valence-corrected chi connectivity index (χ4v) is 5.46. The molecule has 0 radical (unpaired) electrons. The summed E-state index contributed by atoms with van der Waals surface area (Å²) in [4.78, 5) is 3.66. The van der Waals surface area contributed by atoms with Crippen molar-refractivity contribution in [3.8, 4) is 5.75 Å². The summed E-state index contributed by atoms with van der Waals surface area (Å²) >= 11 is 1.74. The van der Waals surface area contributed by atoms with Crippen molar-refractivity contribution in [2.45, 2.75) is 25.0 Å². The van der Waals surface area contributed by atoms with Crippen LogP contribution < -0.4 is 9.46 Å². The van der Waals surface area contributed by atoms with E-state index >= 15 is 0 Å². The highest BCUT2D eigenvalue weighted by molar-refractivity contribution is 7.92. The van der Waals surface area contributed by atoms with Crippen molar-refractivity contribution in [3.63, 3.8) is 0 Å². The summed E-state index contributed by atoms with van der Waals surface area (Å²) in [6.45, 7) is 3.21. The minimum Gasteiger partial charge on any atom is -0.487 e. The molecule has 2 heterocycles. The van der Waals surface area contributed by atoms with Crippen LogP contribution in [0.25, 0.3) is 0 Å². The normalized spacial score (nSPS) is 16.4. The van der Waals surface area contributed by atoms with Crippen molar-refractivity contribution < 1.29 is 17.9 Å². The van der Waals surface area contributed by atoms with E-state index in [1.165, 1.54) is 10.4 Å². The van der Waals surface area contributed by atoms with Gasteiger partial charge in [0.25, 0.3) is 0 Å². The topological polar surface area (TPSA) is 67.9 Å². The van der Waals surface area contributed by atoms with Crippen LogP contribution in [0.1, 0.15) is 29.4 Å². The summed E-state index contributed by atoms with van der Waals surface area (Å²) in [5.74, 6) is 0.513. The molecule has 1 aliphatic heterocycles. The number of hydrogen-bond acceptors (Lipinski definition) is 6. The fraction of sp³-hybridized carbons (Fsp3) is 0.333. The molecular weight excluding hydrogens is 480 g/mol. The molecule has 1 atom stereocenters. The van der Waals surface area contributed by atoms with Crippen LogP contribution in [0.15, 0.2) is 84.3 Å². The van der Waals surface area contributed by atoms with Gasteiger partial charge in [-0.2, -0.15) is 0 Å². The van der Waals surface area contributed by atoms with E-state index in [1.54, 1.807) is 29.5 Å². The minimum absolute atomic E-state index is 0.00939. The van der Waals surface area contributed by atoms with Crippen LogP contribution in [0, 0.1) is 0 Å². The maximum absolute atomic E-state index is 11.5. The smallest absolute Gasteiger partial charge is 0.229 e. The van der Waals surface area contributed by atoms with Gasteiger partial charge in [0.1, 0.15) is 18.5 Å². The number of para-hydroxylation sites is 2. The Kier molecular flexibility index (Phi) is 8.98. The average Bonchev–Trinajstić information content (AvgIpc) is 3.38. The fourth-order valence-electron chi connectivity index (χ4n) is 4.10. The van der Waals surface area contributed by atoms with Crippen molar-refractivity contribution in [2.75, 3.05) is 37.2 Å². The Hall–Kier alpha value is -2.65. The second-order valence-corrected chi connectivity index (χ2v) is 11.3. The summed E-state index contributed by atoms with van der Waals surface area (Å²) in [6.07, 6.45) is 7.44. The average molecular weight is 513 g/mol. The molecule has 0 spiro atoms. The number of sulfonamides is 1. The van der Waals surface area contributed by atoms with Crippen LogP contribution >= 0.6 is 11.3 Å². The molecule has 2 aromatic carbocycles. The maximum Gasteiger partial charge on any atom is 0.229 e. The summed E-state index contributed by atoms with van der Waals surface area (Å²) in [6, 6.07) is 21.7. The van der Waals surface area contributed by atoms with Crippen LogP contribution in [-0.2, 0) is 14.8 Å². The molecule has 35 heavy (non-hydrogen) atoms. The lowest BCUT2D eigenvalue weighted by Crippen LogP contribution is -2.37. The molecule has 0 amide bonds. The van der Waals surface area contributed by atoms with Gasteiger partial charge >= 0.3 is 0 Å². The van der Waals surface area contributed by atoms with Crippen LogP contribution in [0.2, 0.25) is 0 Å². The number of benzene rings is 2. The van der Waals surface area contributed by atoms with E-state index in [0.717, 1.165) is 38.7 Å². The lowest BCUT2D eigenvalue weighted by atomic mass is 10.0. The Morgan fingerprint density at radius 3 is 2.49 bits per heavy atom. The third kappa shape index (κ3) is 7.93. The largest absolute Gasteiger partial charge is 0.487 e. The summed E-state index contributed by atoms with van der Waals surface area (Å²) < 4.78 is 37.9. The van der Waals surface area contributed by atoms with Gasteiger partial charge in [0, 0.05) is 24.5 Å². The summed E-state index contributed by atoms with van der Waals surface area (Å²) in [5, 5.41) is 2.11. The lowest BCUT2D eigenvalue weighted by Gasteiger charge is -2.33. The van der Waals surface area contributed by atoms with Crippen LogP contribution in [0.4, 0.5) is 5.69 Å². The first-order valence-electron chi connectivity index (χ1n) is 11.8. The van der Waals surface area contributed by atoms with E-state index in [0.29, 0.717) is 18.0 Å². The molecule has 1 unspecified atom stereocenters. The van der Waals surface area contributed by atoms with E-state index in [2.05, 4.69) is 57.5 Å². The third-order valence-electron chi connectivity index (χ3n) is 5.81. The van der Waals surface area contributed by atoms with Gasteiger partial charge in [-0.05, 0) is 42.0 Å². The van der Waals surface area contributed by atoms with Crippen molar-refractivity contribution >= 4 is 27.0 Å². The van der Waals surface area contributed by atoms with Gasteiger partial charge < -0.3 is 9.47 Å². The van der Waals surface area contributed by atoms with Crippen LogP contribution in [-0.4, -0.2) is 51.9 Å². The second kappa shape index (κ2) is 12.4. The molecule has 6 nitrogen and oxygen atoms in total. The van der Waals surface area contributed by atoms with Gasteiger partial charge in [0.15, 0.2) is 0 Å². The van der Waals surface area contributed by atoms with Crippen molar-refractivity contribution in [3.05, 3.63) is 94.7 Å². The Bertz CT molecular complexity index is 1170. The molecule has 3 aromatic rings. The zero-order valence-corrected chi connectivity index (χ0v) is 21.5. The Morgan fingerprint density at radius 2 is 1.77 bits per heavy atom. The van der Waals surface area contributed by atoms with Crippen molar-refractivity contribution in [2.24, 2.45) is 0 Å². The van der Waals surface area contributed by atoms with E-state index in [1.807, 2.05) is 18.2 Å². The first-order valence-corrected chi connectivity index (χ1v) is 14.6. The van der Waals surface area contributed by atoms with Crippen molar-refractivity contribution in [1.29, 1.82) is 0 Å². The number of ether oxygens (including phenoxy) is 2. The number of hydrogen-bond donors (Lipinski definition) is 1. The SMILES string of the molecule is CS(=O)(=O)Nc1ccccc1OC/C=C\CN1CCC(OC(c2ccccc2)c2cccs2)CC1. The summed E-state index contributed by atoms with van der Waals surface area (Å²) in [5.41, 5.74) is 1.65. The first-order chi connectivity index (χ1) is 17.0. The molecule has 1 N–H and O–H groups in total. The molecular formula is C27H32N2O4S2. The predicted octanol–water partition coefficient (Wildman–Crippen LogP) is 5.33. The predicted molar refractivity (Wildman–Crippen MR) is 143 cm³/mol. The molecule has 186 valence electrons. The Morgan fingerprint density at radius 1 is 1.03 bits per heavy atom. The zero-order valence-electron chi connectivity index (χ0n) is 19.9. The second-order valence-electron chi connectivity index (χ2n) is 8.59. The zero-order chi connectivity index (χ0) is 24.5. The number of likely N-dealkylation sites (tertiary alicyclic amines) is 1. The molecule has 0 bridgehead atoms. The van der Waals surface area contributed by atoms with Crippen LogP contribution in [0.5, 0.6) is 5.75 Å². The van der Waals surface area contributed by atoms with Crippen molar-refractivity contribution in [1.82, 2.24) is 4.90 Å². The summed E-state index contributed by atoms with van der Waals surface area (Å²) in [7, 11) is -3.35. The highest BCUT2D eigenvalue weighted by atomic mass is 32.2. The van der Waals surface area contributed by atoms with Gasteiger partial charge in [-0.3, -0.25) is 9.62 Å². The van der Waals surface area contributed by atoms with Gasteiger partial charge in [-0.15, -0.1) is 11.3 Å². The molecule has 0 saturated carbocycles. The Labute approximate surface area is 212 Å². The number of piperidine rings is 1. The number of rotatable bonds is 11. The van der Waals surface area contributed by atoms with Gasteiger partial charge in [0.2, 0.25) is 10.0 Å². The molecule has 8 heteroatoms. The van der Waals surface area contributed by atoms with E-state index < -0.39 is 10.0 Å². The molecule has 1 saturated heterocycles. The number of anilines is 1. The minimum atomic E-state index is -3.35. The van der Waals surface area contributed by atoms with Gasteiger partial charge in [-0.25, -0.2) is 8.42 Å². The lowest BCUT2D eigenvalue weighted by molar-refractivity contribution is -0.0240. The molecule has 1 aromatic heterocycles. The van der Waals surface area contributed by atoms with Gasteiger partial charge in [0.05, 0.1) is 18.0 Å². The first kappa shape index (κ1) is 25.4. The van der Waals surface area contributed by atoms with E-state index in [4.69, 9.17) is 9.47 Å². The standard InChI is InChI=1S/C27H32N2O4S2/c1-35(30,31)28-24-12-5-6-13-25(24)32-20-8-7-17-29-18-15-23(16-19-29)33-27(26-14-9-21-34-26)22-10-3-2-4-11-22/h2-14,21,23,27-28H,15-20H2,1H3/b8-7-. The molecule has 1 fully saturated rings. The maximum atomic E-state index is 11.5. The Balaban J connectivity index is 1.22. The number of nitrogens with one attached hydrogen (secondary N) is 1. The quantitative estimate of drug-likeness (QED) is 0.352. The third-order valence-corrected chi connectivity index (χ3v) is 7.32. The highest BCUT2D eigenvalue weighted by Crippen LogP contribution is 2.32. The van der Waals surface area contributed by atoms with Crippen LogP contribution in [0.3, 0.4) is 0 Å². The number of nitrogens with zero attached hydrogens (tertiary/aromatic N) is 1. The molecule has 0 aliphatic carbocycles. The number of thiophene rings is 1. The van der Waals surface area contributed by atoms with Gasteiger partial charge in [-0.1, -0.05) is 60.7 Å². The highest BCUT2D eigenvalue weighted by Gasteiger charge is 2.24. The monoisotopic (exact) mass is 512 g/mol. The molecule has 1 aliphatic rings. The molecule has 4 rings (SSSR count).